The third kappa shape index (κ3) is 5.51. The van der Waals surface area contributed by atoms with Gasteiger partial charge in [0.2, 0.25) is 0 Å². The van der Waals surface area contributed by atoms with Crippen molar-refractivity contribution in [3.05, 3.63) is 47.4 Å². The number of hydrogen-bond acceptors (Lipinski definition) is 2. The molecule has 0 N–H and O–H groups in total. The van der Waals surface area contributed by atoms with Crippen LogP contribution in [0.15, 0.2) is 36.9 Å². The van der Waals surface area contributed by atoms with E-state index >= 15 is 0 Å². The van der Waals surface area contributed by atoms with Gasteiger partial charge in [0.15, 0.2) is 0 Å². The Morgan fingerprint density at radius 3 is 2.53 bits per heavy atom. The van der Waals surface area contributed by atoms with Crippen molar-refractivity contribution in [3.8, 4) is 0 Å². The summed E-state index contributed by atoms with van der Waals surface area (Å²) >= 11 is 0. The average Bonchev–Trinajstić information content (AvgIpc) is 2.47. The molecule has 0 heterocycles. The Bertz CT molecular complexity index is 518. The predicted octanol–water partition coefficient (Wildman–Crippen LogP) is 3.06. The van der Waals surface area contributed by atoms with E-state index in [-0.39, 0.29) is 6.42 Å². The summed E-state index contributed by atoms with van der Waals surface area (Å²) in [5.41, 5.74) is 0.848. The first-order valence-corrected chi connectivity index (χ1v) is 6.44. The van der Waals surface area contributed by atoms with Crippen LogP contribution in [-0.2, 0) is 9.74 Å². The van der Waals surface area contributed by atoms with Gasteiger partial charge in [0.05, 0.1) is 6.42 Å². The Balaban J connectivity index is 0.00000154. The highest BCUT2D eigenvalue weighted by atomic mass is 19.3. The molecule has 1 aromatic rings. The molecule has 0 unspecified atom stereocenters. The fraction of sp³-hybridized carbons (Fsp3) is 0.312. The number of carbonyl (C=O) groups is 1. The van der Waals surface area contributed by atoms with Crippen molar-refractivity contribution in [1.82, 2.24) is 0 Å². The molecule has 0 saturated heterocycles. The molecule has 0 saturated carbocycles. The quantitative estimate of drug-likeness (QED) is 0.835. The Labute approximate surface area is 113 Å². The third-order valence-electron chi connectivity index (χ3n) is 2.51. The van der Waals surface area contributed by atoms with Crippen LogP contribution in [0.5, 0.6) is 0 Å². The number of allylic oxidation sites excluding steroid dienone is 1. The molecule has 0 radical (unpaired) electrons. The van der Waals surface area contributed by atoms with Crippen LogP contribution in [0, 0.1) is 0 Å². The summed E-state index contributed by atoms with van der Waals surface area (Å²) in [6, 6.07) is 7.61. The summed E-state index contributed by atoms with van der Waals surface area (Å²) in [5, 5.41) is 1.89. The highest BCUT2D eigenvalue weighted by molar-refractivity contribution is 5.79. The van der Waals surface area contributed by atoms with Gasteiger partial charge in [-0.2, -0.15) is 0 Å². The van der Waals surface area contributed by atoms with Gasteiger partial charge in [0.25, 0.3) is 0 Å². The third-order valence-corrected chi connectivity index (χ3v) is 2.51. The van der Waals surface area contributed by atoms with E-state index in [9.17, 15) is 9.32 Å². The highest BCUT2D eigenvalue weighted by Crippen LogP contribution is 2.06. The Morgan fingerprint density at radius 1 is 1.37 bits per heavy atom. The standard InChI is InChI=1S/C14H15FO2.C2H6/c1-3-7-12-8-5-6-9-13(12)11(4-2)10-14(16)17-15;1-2/h3,5-9H,1,4,10H2,2H3;1-2H3/b12-7-,13-11+;. The zero-order valence-electron chi connectivity index (χ0n) is 11.8. The second kappa shape index (κ2) is 10.1. The van der Waals surface area contributed by atoms with Gasteiger partial charge >= 0.3 is 5.97 Å². The van der Waals surface area contributed by atoms with E-state index < -0.39 is 5.97 Å². The Morgan fingerprint density at radius 2 is 2.00 bits per heavy atom. The molecule has 0 bridgehead atoms. The molecule has 0 atom stereocenters. The average molecular weight is 264 g/mol. The van der Waals surface area contributed by atoms with Gasteiger partial charge in [0, 0.05) is 4.53 Å². The van der Waals surface area contributed by atoms with Crippen LogP contribution in [0.3, 0.4) is 0 Å². The normalized spacial score (nSPS) is 12.1. The van der Waals surface area contributed by atoms with E-state index in [1.807, 2.05) is 51.1 Å². The van der Waals surface area contributed by atoms with Crippen molar-refractivity contribution in [3.63, 3.8) is 0 Å². The first-order valence-electron chi connectivity index (χ1n) is 6.44. The molecule has 1 aromatic carbocycles. The van der Waals surface area contributed by atoms with Gasteiger partial charge in [-0.15, -0.1) is 0 Å². The van der Waals surface area contributed by atoms with Gasteiger partial charge in [-0.05, 0) is 16.9 Å². The van der Waals surface area contributed by atoms with E-state index in [0.717, 1.165) is 16.0 Å². The van der Waals surface area contributed by atoms with Crippen molar-refractivity contribution in [1.29, 1.82) is 0 Å². The second-order valence-corrected chi connectivity index (χ2v) is 3.57. The SMILES string of the molecule is C=C/C=c1/cccc/c1=C(/CC)CC(=O)OF.CC. The fourth-order valence-electron chi connectivity index (χ4n) is 1.70. The molecule has 0 amide bonds. The Hall–Kier alpha value is -1.90. The molecule has 0 aliphatic carbocycles. The lowest BCUT2D eigenvalue weighted by molar-refractivity contribution is -0.182. The van der Waals surface area contributed by atoms with Crippen LogP contribution in [0.4, 0.5) is 4.53 Å². The van der Waals surface area contributed by atoms with E-state index in [0.29, 0.717) is 6.42 Å². The Kier molecular flexibility index (Phi) is 9.06. The minimum absolute atomic E-state index is 0.0327. The lowest BCUT2D eigenvalue weighted by atomic mass is 10.0. The maximum atomic E-state index is 11.8. The molecule has 19 heavy (non-hydrogen) atoms. The zero-order valence-corrected chi connectivity index (χ0v) is 11.8. The largest absolute Gasteiger partial charge is 0.352 e. The van der Waals surface area contributed by atoms with Gasteiger partial charge in [0.1, 0.15) is 0 Å². The van der Waals surface area contributed by atoms with E-state index in [2.05, 4.69) is 11.5 Å². The van der Waals surface area contributed by atoms with Crippen LogP contribution in [0.25, 0.3) is 11.6 Å². The highest BCUT2D eigenvalue weighted by Gasteiger charge is 2.07. The monoisotopic (exact) mass is 264 g/mol. The fourth-order valence-corrected chi connectivity index (χ4v) is 1.70. The minimum Gasteiger partial charge on any atom is -0.255 e. The van der Waals surface area contributed by atoms with Gasteiger partial charge in [-0.1, -0.05) is 69.3 Å². The van der Waals surface area contributed by atoms with Crippen molar-refractivity contribution in [2.45, 2.75) is 33.6 Å². The molecule has 0 aliphatic rings. The number of carbonyl (C=O) groups excluding carboxylic acids is 1. The number of benzene rings is 1. The topological polar surface area (TPSA) is 26.3 Å². The van der Waals surface area contributed by atoms with E-state index in [1.54, 1.807) is 6.08 Å². The van der Waals surface area contributed by atoms with Gasteiger partial charge < -0.3 is 0 Å². The van der Waals surface area contributed by atoms with Crippen LogP contribution in [-0.4, -0.2) is 5.97 Å². The van der Waals surface area contributed by atoms with Crippen molar-refractivity contribution in [2.24, 2.45) is 0 Å². The molecule has 1 rings (SSSR count). The molecule has 104 valence electrons. The van der Waals surface area contributed by atoms with Crippen LogP contribution < -0.4 is 10.4 Å². The molecular weight excluding hydrogens is 243 g/mol. The summed E-state index contributed by atoms with van der Waals surface area (Å²) in [5.74, 6) is -0.866. The van der Waals surface area contributed by atoms with Crippen molar-refractivity contribution < 1.29 is 14.3 Å². The van der Waals surface area contributed by atoms with E-state index in [4.69, 9.17) is 0 Å². The van der Waals surface area contributed by atoms with Crippen LogP contribution >= 0.6 is 0 Å². The summed E-state index contributed by atoms with van der Waals surface area (Å²) in [6.07, 6.45) is 4.16. The van der Waals surface area contributed by atoms with Gasteiger partial charge in [-0.25, -0.2) is 4.79 Å². The smallest absolute Gasteiger partial charge is 0.255 e. The van der Waals surface area contributed by atoms with Crippen molar-refractivity contribution >= 4 is 17.6 Å². The maximum absolute atomic E-state index is 11.8. The molecule has 2 nitrogen and oxygen atoms in total. The second-order valence-electron chi connectivity index (χ2n) is 3.57. The number of halogens is 1. The number of rotatable bonds is 4. The van der Waals surface area contributed by atoms with Gasteiger partial charge in [-0.3, -0.25) is 4.94 Å². The molecular formula is C16H21FO2. The summed E-state index contributed by atoms with van der Waals surface area (Å²) < 4.78 is 11.8. The first kappa shape index (κ1) is 17.1. The summed E-state index contributed by atoms with van der Waals surface area (Å²) in [7, 11) is 0. The summed E-state index contributed by atoms with van der Waals surface area (Å²) in [4.78, 5) is 14.2. The zero-order chi connectivity index (χ0) is 14.7. The molecule has 0 fully saturated rings. The summed E-state index contributed by atoms with van der Waals surface area (Å²) in [6.45, 7) is 9.57. The van der Waals surface area contributed by atoms with Crippen LogP contribution in [0.1, 0.15) is 33.6 Å². The number of hydrogen-bond donors (Lipinski definition) is 0. The first-order chi connectivity index (χ1) is 9.22. The van der Waals surface area contributed by atoms with Crippen LogP contribution in [0.2, 0.25) is 0 Å². The maximum Gasteiger partial charge on any atom is 0.352 e. The molecule has 0 aliphatic heterocycles. The lowest BCUT2D eigenvalue weighted by Crippen LogP contribution is -2.27. The van der Waals surface area contributed by atoms with Crippen molar-refractivity contribution in [2.75, 3.05) is 0 Å². The molecule has 3 heteroatoms. The molecule has 0 spiro atoms. The molecule has 0 aromatic heterocycles. The predicted molar refractivity (Wildman–Crippen MR) is 77.2 cm³/mol. The lowest BCUT2D eigenvalue weighted by Gasteiger charge is -2.02. The van der Waals surface area contributed by atoms with E-state index in [1.165, 1.54) is 0 Å². The minimum atomic E-state index is -0.866.